The number of hydrogen-bond donors (Lipinski definition) is 2. The Balaban J connectivity index is 1.53. The van der Waals surface area contributed by atoms with Gasteiger partial charge in [0.15, 0.2) is 5.75 Å². The largest absolute Gasteiger partial charge is 0.489 e. The Hall–Kier alpha value is -2.88. The number of carbonyl (C=O) groups is 1. The number of aromatic nitrogens is 3. The first kappa shape index (κ1) is 22.3. The maximum Gasteiger partial charge on any atom is 0.303 e. The molecule has 1 saturated heterocycles. The summed E-state index contributed by atoms with van der Waals surface area (Å²) in [6, 6.07) is 3.91. The van der Waals surface area contributed by atoms with Crippen LogP contribution in [0.1, 0.15) is 44.6 Å². The van der Waals surface area contributed by atoms with Gasteiger partial charge in [0.2, 0.25) is 11.7 Å². The molecule has 32 heavy (non-hydrogen) atoms. The van der Waals surface area contributed by atoms with E-state index in [4.69, 9.17) is 4.74 Å². The highest BCUT2D eigenvalue weighted by molar-refractivity contribution is 5.88. The molecule has 0 spiro atoms. The van der Waals surface area contributed by atoms with Crippen molar-refractivity contribution in [2.75, 3.05) is 30.3 Å². The van der Waals surface area contributed by atoms with E-state index in [0.717, 1.165) is 32.5 Å². The second-order valence-corrected chi connectivity index (χ2v) is 8.67. The summed E-state index contributed by atoms with van der Waals surface area (Å²) in [6.45, 7) is 6.41. The van der Waals surface area contributed by atoms with Gasteiger partial charge in [0.1, 0.15) is 11.6 Å². The van der Waals surface area contributed by atoms with Crippen LogP contribution < -0.4 is 15.4 Å². The zero-order valence-corrected chi connectivity index (χ0v) is 18.5. The molecule has 2 aliphatic rings. The first-order chi connectivity index (χ1) is 15.2. The fourth-order valence-electron chi connectivity index (χ4n) is 3.85. The van der Waals surface area contributed by atoms with Crippen molar-refractivity contribution in [2.24, 2.45) is 5.92 Å². The number of halogens is 2. The molecule has 1 amide bonds. The van der Waals surface area contributed by atoms with Crippen LogP contribution in [-0.4, -0.2) is 51.5 Å². The molecule has 1 aliphatic heterocycles. The molecule has 172 valence electrons. The van der Waals surface area contributed by atoms with Crippen LogP contribution in [0.5, 0.6) is 5.75 Å². The highest BCUT2D eigenvalue weighted by atomic mass is 19.3. The number of hydrogen-bond acceptors (Lipinski definition) is 7. The topological polar surface area (TPSA) is 92.3 Å². The molecule has 2 N–H and O–H groups in total. The summed E-state index contributed by atoms with van der Waals surface area (Å²) in [6.07, 6.45) is 5.17. The van der Waals surface area contributed by atoms with Crippen molar-refractivity contribution in [1.29, 1.82) is 0 Å². The minimum Gasteiger partial charge on any atom is -0.489 e. The molecule has 2 fully saturated rings. The predicted octanol–water partition coefficient (Wildman–Crippen LogP) is 3.86. The standard InChI is InChI=1S/C22H28F2N6O2/c1-13-8-20(29-21(26-13)22(3,23)24)28-17-9-19(27-14(2)31)25-10-18(17)32-12-15-6-7-30(11-15)16-4-5-16/h8-10,15-16H,4-7,11-12H2,1-3H3,(H2,25,26,27,28,29,31)/t15-/m1/s1. The van der Waals surface area contributed by atoms with E-state index in [-0.39, 0.29) is 11.7 Å². The Labute approximate surface area is 185 Å². The molecule has 2 aromatic heterocycles. The van der Waals surface area contributed by atoms with E-state index in [1.165, 1.54) is 26.0 Å². The Bertz CT molecular complexity index is 993. The number of likely N-dealkylation sites (tertiary alicyclic amines) is 1. The number of nitrogens with zero attached hydrogens (tertiary/aromatic N) is 4. The lowest BCUT2D eigenvalue weighted by atomic mass is 10.1. The SMILES string of the molecule is CC(=O)Nc1cc(Nc2cc(C)nc(C(C)(F)F)n2)c(OC[C@@H]2CCN(C3CC3)C2)cn1. The van der Waals surface area contributed by atoms with Gasteiger partial charge in [-0.15, -0.1) is 0 Å². The van der Waals surface area contributed by atoms with Crippen LogP contribution in [0, 0.1) is 12.8 Å². The van der Waals surface area contributed by atoms with Crippen LogP contribution in [-0.2, 0) is 10.7 Å². The van der Waals surface area contributed by atoms with Crippen LogP contribution in [0.4, 0.5) is 26.1 Å². The number of pyridine rings is 1. The van der Waals surface area contributed by atoms with Crippen LogP contribution in [0.3, 0.4) is 0 Å². The molecule has 1 saturated carbocycles. The summed E-state index contributed by atoms with van der Waals surface area (Å²) in [5.41, 5.74) is 0.882. The Morgan fingerprint density at radius 2 is 2.03 bits per heavy atom. The smallest absolute Gasteiger partial charge is 0.303 e. The highest BCUT2D eigenvalue weighted by Gasteiger charge is 2.34. The van der Waals surface area contributed by atoms with Crippen molar-refractivity contribution in [3.05, 3.63) is 29.8 Å². The number of nitrogens with one attached hydrogen (secondary N) is 2. The third-order valence-corrected chi connectivity index (χ3v) is 5.54. The molecular weight excluding hydrogens is 418 g/mol. The van der Waals surface area contributed by atoms with Crippen LogP contribution in [0.2, 0.25) is 0 Å². The molecule has 3 heterocycles. The van der Waals surface area contributed by atoms with Crippen molar-refractivity contribution < 1.29 is 18.3 Å². The number of aryl methyl sites for hydroxylation is 1. The highest BCUT2D eigenvalue weighted by Crippen LogP contribution is 2.34. The number of amides is 1. The number of alkyl halides is 2. The number of ether oxygens (including phenoxy) is 1. The van der Waals surface area contributed by atoms with E-state index in [2.05, 4.69) is 30.5 Å². The molecule has 1 aliphatic carbocycles. The van der Waals surface area contributed by atoms with Crippen molar-refractivity contribution in [2.45, 2.75) is 52.0 Å². The molecule has 0 bridgehead atoms. The first-order valence-corrected chi connectivity index (χ1v) is 10.8. The van der Waals surface area contributed by atoms with Gasteiger partial charge in [0.05, 0.1) is 18.5 Å². The lowest BCUT2D eigenvalue weighted by Crippen LogP contribution is -2.24. The lowest BCUT2D eigenvalue weighted by Gasteiger charge is -2.18. The summed E-state index contributed by atoms with van der Waals surface area (Å²) < 4.78 is 33.6. The number of carbonyl (C=O) groups excluding carboxylic acids is 1. The molecule has 2 aromatic rings. The monoisotopic (exact) mass is 446 g/mol. The molecule has 8 nitrogen and oxygen atoms in total. The average molecular weight is 447 g/mol. The number of anilines is 3. The van der Waals surface area contributed by atoms with Crippen molar-refractivity contribution in [1.82, 2.24) is 19.9 Å². The summed E-state index contributed by atoms with van der Waals surface area (Å²) in [4.78, 5) is 26.0. The zero-order chi connectivity index (χ0) is 22.9. The third-order valence-electron chi connectivity index (χ3n) is 5.54. The van der Waals surface area contributed by atoms with Crippen molar-refractivity contribution in [3.63, 3.8) is 0 Å². The molecule has 10 heteroatoms. The van der Waals surface area contributed by atoms with Crippen molar-refractivity contribution in [3.8, 4) is 5.75 Å². The van der Waals surface area contributed by atoms with Crippen LogP contribution >= 0.6 is 0 Å². The summed E-state index contributed by atoms with van der Waals surface area (Å²) in [7, 11) is 0. The van der Waals surface area contributed by atoms with Gasteiger partial charge in [0.25, 0.3) is 0 Å². The van der Waals surface area contributed by atoms with Gasteiger partial charge in [-0.25, -0.2) is 15.0 Å². The van der Waals surface area contributed by atoms with Gasteiger partial charge < -0.3 is 15.4 Å². The number of rotatable bonds is 8. The molecule has 1 atom stereocenters. The maximum absolute atomic E-state index is 13.8. The summed E-state index contributed by atoms with van der Waals surface area (Å²) in [5.74, 6) is -2.59. The average Bonchev–Trinajstić information content (AvgIpc) is 3.44. The predicted molar refractivity (Wildman–Crippen MR) is 116 cm³/mol. The van der Waals surface area contributed by atoms with Crippen molar-refractivity contribution >= 4 is 23.2 Å². The molecule has 0 radical (unpaired) electrons. The minimum atomic E-state index is -3.17. The summed E-state index contributed by atoms with van der Waals surface area (Å²) in [5, 5.41) is 5.66. The second kappa shape index (κ2) is 8.93. The molecule has 0 unspecified atom stereocenters. The Morgan fingerprint density at radius 1 is 1.25 bits per heavy atom. The fourth-order valence-corrected chi connectivity index (χ4v) is 3.85. The molecule has 4 rings (SSSR count). The first-order valence-electron chi connectivity index (χ1n) is 10.8. The zero-order valence-electron chi connectivity index (χ0n) is 18.5. The molecular formula is C22H28F2N6O2. The summed E-state index contributed by atoms with van der Waals surface area (Å²) >= 11 is 0. The normalized spacial score (nSPS) is 19.1. The quantitative estimate of drug-likeness (QED) is 0.636. The van der Waals surface area contributed by atoms with Gasteiger partial charge in [0, 0.05) is 50.2 Å². The van der Waals surface area contributed by atoms with Gasteiger partial charge in [-0.2, -0.15) is 8.78 Å². The van der Waals surface area contributed by atoms with E-state index in [1.54, 1.807) is 19.1 Å². The van der Waals surface area contributed by atoms with E-state index in [1.807, 2.05) is 0 Å². The fraction of sp³-hybridized carbons (Fsp3) is 0.545. The Kier molecular flexibility index (Phi) is 6.23. The molecule has 0 aromatic carbocycles. The van der Waals surface area contributed by atoms with Gasteiger partial charge in [-0.1, -0.05) is 0 Å². The lowest BCUT2D eigenvalue weighted by molar-refractivity contribution is -0.114. The van der Waals surface area contributed by atoms with Crippen LogP contribution in [0.15, 0.2) is 18.3 Å². The van der Waals surface area contributed by atoms with E-state index in [9.17, 15) is 13.6 Å². The Morgan fingerprint density at radius 3 is 2.72 bits per heavy atom. The maximum atomic E-state index is 13.8. The second-order valence-electron chi connectivity index (χ2n) is 8.67. The van der Waals surface area contributed by atoms with E-state index in [0.29, 0.717) is 35.5 Å². The van der Waals surface area contributed by atoms with Gasteiger partial charge in [-0.3, -0.25) is 9.69 Å². The van der Waals surface area contributed by atoms with Crippen LogP contribution in [0.25, 0.3) is 0 Å². The minimum absolute atomic E-state index is 0.208. The van der Waals surface area contributed by atoms with Gasteiger partial charge in [-0.05, 0) is 32.7 Å². The van der Waals surface area contributed by atoms with E-state index < -0.39 is 11.7 Å². The van der Waals surface area contributed by atoms with Gasteiger partial charge >= 0.3 is 5.92 Å². The third kappa shape index (κ3) is 5.67. The van der Waals surface area contributed by atoms with E-state index >= 15 is 0 Å².